The number of nitrogens with zero attached hydrogens (tertiary/aromatic N) is 2. The van der Waals surface area contributed by atoms with Crippen LogP contribution in [0.5, 0.6) is 0 Å². The molecule has 0 radical (unpaired) electrons. The first-order valence-corrected chi connectivity index (χ1v) is 8.85. The van der Waals surface area contributed by atoms with Crippen molar-refractivity contribution in [2.45, 2.75) is 45.2 Å². The number of benzene rings is 1. The highest BCUT2D eigenvalue weighted by Crippen LogP contribution is 2.21. The van der Waals surface area contributed by atoms with Gasteiger partial charge in [-0.25, -0.2) is 4.99 Å². The van der Waals surface area contributed by atoms with Crippen LogP contribution in [-0.4, -0.2) is 31.0 Å². The van der Waals surface area contributed by atoms with Gasteiger partial charge in [-0.2, -0.15) is 0 Å². The van der Waals surface area contributed by atoms with Crippen LogP contribution >= 0.6 is 0 Å². The molecule has 0 aromatic heterocycles. The number of amides is 1. The number of hydrogen-bond donors (Lipinski definition) is 2. The van der Waals surface area contributed by atoms with Gasteiger partial charge in [0.15, 0.2) is 5.96 Å². The SMILES string of the molecule is CCNC(=NCc1ccc(N2CCCC2=O)cc1)NC1CC=CC1. The summed E-state index contributed by atoms with van der Waals surface area (Å²) in [5.41, 5.74) is 2.14. The molecule has 0 spiro atoms. The predicted molar refractivity (Wildman–Crippen MR) is 98.1 cm³/mol. The molecule has 1 saturated heterocycles. The van der Waals surface area contributed by atoms with Crippen molar-refractivity contribution in [3.63, 3.8) is 0 Å². The molecule has 24 heavy (non-hydrogen) atoms. The lowest BCUT2D eigenvalue weighted by Gasteiger charge is -2.17. The second kappa shape index (κ2) is 7.99. The monoisotopic (exact) mass is 326 g/mol. The normalized spacial score (nSPS) is 18.5. The van der Waals surface area contributed by atoms with Crippen molar-refractivity contribution in [3.05, 3.63) is 42.0 Å². The Balaban J connectivity index is 1.59. The van der Waals surface area contributed by atoms with Crippen LogP contribution in [0.2, 0.25) is 0 Å². The molecule has 1 aromatic carbocycles. The minimum Gasteiger partial charge on any atom is -0.357 e. The summed E-state index contributed by atoms with van der Waals surface area (Å²) in [5, 5.41) is 6.77. The number of carbonyl (C=O) groups is 1. The lowest BCUT2D eigenvalue weighted by atomic mass is 10.2. The van der Waals surface area contributed by atoms with E-state index < -0.39 is 0 Å². The molecule has 3 rings (SSSR count). The Morgan fingerprint density at radius 1 is 1.25 bits per heavy atom. The molecule has 1 heterocycles. The van der Waals surface area contributed by atoms with E-state index in [9.17, 15) is 4.79 Å². The van der Waals surface area contributed by atoms with Gasteiger partial charge in [0.2, 0.25) is 5.91 Å². The minimum atomic E-state index is 0.226. The summed E-state index contributed by atoms with van der Waals surface area (Å²) in [4.78, 5) is 18.3. The van der Waals surface area contributed by atoms with Crippen molar-refractivity contribution in [1.82, 2.24) is 10.6 Å². The van der Waals surface area contributed by atoms with E-state index in [-0.39, 0.29) is 5.91 Å². The average molecular weight is 326 g/mol. The molecule has 1 aliphatic carbocycles. The van der Waals surface area contributed by atoms with Crippen LogP contribution in [0.15, 0.2) is 41.4 Å². The van der Waals surface area contributed by atoms with Gasteiger partial charge in [0.25, 0.3) is 0 Å². The van der Waals surface area contributed by atoms with Gasteiger partial charge in [-0.1, -0.05) is 24.3 Å². The zero-order valence-corrected chi connectivity index (χ0v) is 14.3. The van der Waals surface area contributed by atoms with Crippen LogP contribution in [0.3, 0.4) is 0 Å². The summed E-state index contributed by atoms with van der Waals surface area (Å²) in [5.74, 6) is 1.09. The zero-order valence-electron chi connectivity index (χ0n) is 14.3. The fraction of sp³-hybridized carbons (Fsp3) is 0.474. The smallest absolute Gasteiger partial charge is 0.227 e. The van der Waals surface area contributed by atoms with Crippen LogP contribution in [-0.2, 0) is 11.3 Å². The molecule has 1 aromatic rings. The molecule has 5 heteroatoms. The van der Waals surface area contributed by atoms with Gasteiger partial charge in [-0.05, 0) is 43.9 Å². The van der Waals surface area contributed by atoms with Gasteiger partial charge in [-0.3, -0.25) is 4.79 Å². The second-order valence-electron chi connectivity index (χ2n) is 6.29. The molecular formula is C19H26N4O. The Morgan fingerprint density at radius 2 is 2.00 bits per heavy atom. The van der Waals surface area contributed by atoms with Crippen molar-refractivity contribution in [3.8, 4) is 0 Å². The Bertz CT molecular complexity index is 613. The van der Waals surface area contributed by atoms with Crippen LogP contribution in [0.4, 0.5) is 5.69 Å². The lowest BCUT2D eigenvalue weighted by Crippen LogP contribution is -2.42. The third-order valence-corrected chi connectivity index (χ3v) is 4.43. The van der Waals surface area contributed by atoms with E-state index in [1.165, 1.54) is 0 Å². The van der Waals surface area contributed by atoms with E-state index in [1.807, 2.05) is 17.0 Å². The summed E-state index contributed by atoms with van der Waals surface area (Å²) >= 11 is 0. The maximum atomic E-state index is 11.8. The van der Waals surface area contributed by atoms with Crippen LogP contribution in [0.25, 0.3) is 0 Å². The Morgan fingerprint density at radius 3 is 2.62 bits per heavy atom. The van der Waals surface area contributed by atoms with Gasteiger partial charge in [0.1, 0.15) is 0 Å². The summed E-state index contributed by atoms with van der Waals surface area (Å²) in [7, 11) is 0. The predicted octanol–water partition coefficient (Wildman–Crippen LogP) is 2.59. The van der Waals surface area contributed by atoms with Crippen molar-refractivity contribution < 1.29 is 4.79 Å². The number of anilines is 1. The summed E-state index contributed by atoms with van der Waals surface area (Å²) in [6.07, 6.45) is 8.16. The van der Waals surface area contributed by atoms with E-state index in [2.05, 4.69) is 46.8 Å². The maximum Gasteiger partial charge on any atom is 0.227 e. The molecule has 2 N–H and O–H groups in total. The summed E-state index contributed by atoms with van der Waals surface area (Å²) < 4.78 is 0. The quantitative estimate of drug-likeness (QED) is 0.497. The van der Waals surface area contributed by atoms with E-state index in [4.69, 9.17) is 0 Å². The van der Waals surface area contributed by atoms with Crippen LogP contribution < -0.4 is 15.5 Å². The van der Waals surface area contributed by atoms with Crippen molar-refractivity contribution in [2.24, 2.45) is 4.99 Å². The molecular weight excluding hydrogens is 300 g/mol. The zero-order chi connectivity index (χ0) is 16.8. The third kappa shape index (κ3) is 4.16. The fourth-order valence-corrected chi connectivity index (χ4v) is 3.12. The number of nitrogens with one attached hydrogen (secondary N) is 2. The molecule has 0 bridgehead atoms. The molecule has 0 saturated carbocycles. The summed E-state index contributed by atoms with van der Waals surface area (Å²) in [6, 6.07) is 8.62. The molecule has 0 unspecified atom stereocenters. The highest BCUT2D eigenvalue weighted by atomic mass is 16.2. The van der Waals surface area contributed by atoms with Crippen molar-refractivity contribution >= 4 is 17.6 Å². The first kappa shape index (κ1) is 16.6. The third-order valence-electron chi connectivity index (χ3n) is 4.43. The summed E-state index contributed by atoms with van der Waals surface area (Å²) in [6.45, 7) is 4.39. The number of carbonyl (C=O) groups excluding carboxylic acids is 1. The molecule has 0 atom stereocenters. The molecule has 1 aliphatic heterocycles. The fourth-order valence-electron chi connectivity index (χ4n) is 3.12. The van der Waals surface area contributed by atoms with Gasteiger partial charge in [0, 0.05) is 31.2 Å². The van der Waals surface area contributed by atoms with E-state index in [1.54, 1.807) is 0 Å². The van der Waals surface area contributed by atoms with Gasteiger partial charge in [0.05, 0.1) is 6.54 Å². The Kier molecular flexibility index (Phi) is 5.51. The Hall–Kier alpha value is -2.30. The first-order chi connectivity index (χ1) is 11.8. The van der Waals surface area contributed by atoms with Crippen molar-refractivity contribution in [2.75, 3.05) is 18.0 Å². The molecule has 5 nitrogen and oxygen atoms in total. The lowest BCUT2D eigenvalue weighted by molar-refractivity contribution is -0.117. The average Bonchev–Trinajstić information content (AvgIpc) is 3.25. The molecule has 1 fully saturated rings. The Labute approximate surface area is 143 Å². The minimum absolute atomic E-state index is 0.226. The molecule has 1 amide bonds. The van der Waals surface area contributed by atoms with Crippen LogP contribution in [0.1, 0.15) is 38.2 Å². The van der Waals surface area contributed by atoms with Crippen LogP contribution in [0, 0.1) is 0 Å². The second-order valence-corrected chi connectivity index (χ2v) is 6.29. The number of aliphatic imine (C=N–C) groups is 1. The number of hydrogen-bond acceptors (Lipinski definition) is 2. The topological polar surface area (TPSA) is 56.7 Å². The largest absolute Gasteiger partial charge is 0.357 e. The number of rotatable bonds is 5. The molecule has 128 valence electrons. The molecule has 2 aliphatic rings. The van der Waals surface area contributed by atoms with E-state index in [0.29, 0.717) is 19.0 Å². The van der Waals surface area contributed by atoms with Gasteiger partial charge >= 0.3 is 0 Å². The van der Waals surface area contributed by atoms with E-state index in [0.717, 1.165) is 49.6 Å². The van der Waals surface area contributed by atoms with Gasteiger partial charge < -0.3 is 15.5 Å². The van der Waals surface area contributed by atoms with Gasteiger partial charge in [-0.15, -0.1) is 0 Å². The van der Waals surface area contributed by atoms with E-state index >= 15 is 0 Å². The van der Waals surface area contributed by atoms with Crippen molar-refractivity contribution in [1.29, 1.82) is 0 Å². The number of guanidine groups is 1. The highest BCUT2D eigenvalue weighted by molar-refractivity contribution is 5.95. The standard InChI is InChI=1S/C19H26N4O/c1-2-20-19(22-16-6-3-4-7-16)21-14-15-9-11-17(12-10-15)23-13-5-8-18(23)24/h3-4,9-12,16H,2,5-8,13-14H2,1H3,(H2,20,21,22). The first-order valence-electron chi connectivity index (χ1n) is 8.85. The maximum absolute atomic E-state index is 11.8. The highest BCUT2D eigenvalue weighted by Gasteiger charge is 2.21.